The van der Waals surface area contributed by atoms with Crippen molar-refractivity contribution in [1.82, 2.24) is 10.3 Å². The highest BCUT2D eigenvalue weighted by Gasteiger charge is 2.31. The van der Waals surface area contributed by atoms with E-state index >= 15 is 0 Å². The van der Waals surface area contributed by atoms with Crippen molar-refractivity contribution in [3.63, 3.8) is 0 Å². The molecule has 0 saturated heterocycles. The topological polar surface area (TPSA) is 133 Å². The lowest BCUT2D eigenvalue weighted by atomic mass is 10.1. The summed E-state index contributed by atoms with van der Waals surface area (Å²) in [5.74, 6) is 0.370. The van der Waals surface area contributed by atoms with E-state index in [2.05, 4.69) is 15.6 Å². The van der Waals surface area contributed by atoms with Gasteiger partial charge in [0.25, 0.3) is 5.91 Å². The number of carbonyl (C=O) groups is 2. The zero-order valence-corrected chi connectivity index (χ0v) is 26.4. The Labute approximate surface area is 260 Å². The number of nitrogens with one attached hydrogen (secondary N) is 2. The first-order chi connectivity index (χ1) is 20.8. The molecule has 0 spiro atoms. The zero-order chi connectivity index (χ0) is 31.5. The summed E-state index contributed by atoms with van der Waals surface area (Å²) in [6.07, 6.45) is 1.49. The summed E-state index contributed by atoms with van der Waals surface area (Å²) in [7, 11) is -3.36. The second-order valence-electron chi connectivity index (χ2n) is 11.3. The average molecular weight is 636 g/mol. The molecule has 0 fully saturated rings. The third-order valence-corrected chi connectivity index (χ3v) is 8.62. The van der Waals surface area contributed by atoms with Gasteiger partial charge in [0.05, 0.1) is 10.6 Å². The molecule has 2 heterocycles. The fourth-order valence-corrected chi connectivity index (χ4v) is 5.97. The summed E-state index contributed by atoms with van der Waals surface area (Å²) in [4.78, 5) is 31.7. The number of benzene rings is 3. The quantitative estimate of drug-likeness (QED) is 0.228. The number of amides is 1. The maximum atomic E-state index is 13.4. The molecule has 1 unspecified atom stereocenters. The molecule has 0 aliphatic carbocycles. The summed E-state index contributed by atoms with van der Waals surface area (Å²) < 4.78 is 41.2. The molecule has 10 nitrogen and oxygen atoms in total. The third-order valence-electron chi connectivity index (χ3n) is 6.47. The molecule has 4 aromatic rings. The molecule has 230 valence electrons. The standard InChI is InChI=1S/C32H33N3O7S2/c1-32(2,3)42-30(37)27-17-26-28(18-33-27)43-31(34-26)35-29(36)21-14-23(40-19-20-8-6-5-7-9-20)16-24(15-21)41-22-10-12-25(13-11-22)44(4,38)39/h5-16,27,33H,17-19H2,1-4H3,(H,34,35,36). The minimum Gasteiger partial charge on any atom is -0.489 e. The Morgan fingerprint density at radius 2 is 1.70 bits per heavy atom. The van der Waals surface area contributed by atoms with Gasteiger partial charge < -0.3 is 14.2 Å². The van der Waals surface area contributed by atoms with Crippen molar-refractivity contribution >= 4 is 38.2 Å². The summed E-state index contributed by atoms with van der Waals surface area (Å²) >= 11 is 1.34. The van der Waals surface area contributed by atoms with Crippen LogP contribution in [0.3, 0.4) is 0 Å². The van der Waals surface area contributed by atoms with E-state index in [1.54, 1.807) is 30.3 Å². The Bertz CT molecular complexity index is 1760. The van der Waals surface area contributed by atoms with Gasteiger partial charge in [0, 0.05) is 35.7 Å². The summed E-state index contributed by atoms with van der Waals surface area (Å²) in [6, 6.07) is 20.0. The molecule has 0 radical (unpaired) electrons. The van der Waals surface area contributed by atoms with Crippen molar-refractivity contribution in [2.45, 2.75) is 56.9 Å². The summed E-state index contributed by atoms with van der Waals surface area (Å²) in [5, 5.41) is 6.45. The third kappa shape index (κ3) is 8.22. The van der Waals surface area contributed by atoms with E-state index in [9.17, 15) is 18.0 Å². The van der Waals surface area contributed by atoms with Crippen molar-refractivity contribution in [3.05, 3.63) is 94.5 Å². The summed E-state index contributed by atoms with van der Waals surface area (Å²) in [6.45, 7) is 6.18. The number of ether oxygens (including phenoxy) is 3. The van der Waals surface area contributed by atoms with E-state index < -0.39 is 27.4 Å². The second-order valence-corrected chi connectivity index (χ2v) is 14.4. The molecule has 44 heavy (non-hydrogen) atoms. The van der Waals surface area contributed by atoms with Crippen LogP contribution in [0.2, 0.25) is 0 Å². The van der Waals surface area contributed by atoms with Crippen molar-refractivity contribution in [2.24, 2.45) is 0 Å². The highest BCUT2D eigenvalue weighted by molar-refractivity contribution is 7.90. The van der Waals surface area contributed by atoms with Crippen molar-refractivity contribution in [2.75, 3.05) is 11.6 Å². The Kier molecular flexibility index (Phi) is 9.05. The summed E-state index contributed by atoms with van der Waals surface area (Å²) in [5.41, 5.74) is 1.37. The van der Waals surface area contributed by atoms with Gasteiger partial charge in [-0.2, -0.15) is 0 Å². The van der Waals surface area contributed by atoms with Crippen LogP contribution >= 0.6 is 11.3 Å². The van der Waals surface area contributed by atoms with Crippen LogP contribution in [0.4, 0.5) is 5.13 Å². The minimum atomic E-state index is -3.36. The van der Waals surface area contributed by atoms with Crippen LogP contribution in [0, 0.1) is 0 Å². The number of anilines is 1. The van der Waals surface area contributed by atoms with Gasteiger partial charge in [-0.05, 0) is 62.7 Å². The van der Waals surface area contributed by atoms with Crippen LogP contribution in [0.5, 0.6) is 17.2 Å². The van der Waals surface area contributed by atoms with Crippen LogP contribution in [0.15, 0.2) is 77.7 Å². The number of fused-ring (bicyclic) bond motifs is 1. The number of sulfone groups is 1. The molecule has 3 aromatic carbocycles. The van der Waals surface area contributed by atoms with Crippen LogP contribution in [-0.2, 0) is 38.9 Å². The van der Waals surface area contributed by atoms with Gasteiger partial charge in [0.15, 0.2) is 15.0 Å². The molecule has 12 heteroatoms. The van der Waals surface area contributed by atoms with Gasteiger partial charge in [-0.1, -0.05) is 30.3 Å². The molecular formula is C32H33N3O7S2. The van der Waals surface area contributed by atoms with E-state index in [-0.39, 0.29) is 23.0 Å². The fourth-order valence-electron chi connectivity index (χ4n) is 4.40. The first-order valence-electron chi connectivity index (χ1n) is 13.9. The Hall–Kier alpha value is -4.26. The normalized spacial score (nSPS) is 14.8. The predicted molar refractivity (Wildman–Crippen MR) is 167 cm³/mol. The number of hydrogen-bond donors (Lipinski definition) is 2. The first kappa shape index (κ1) is 31.2. The number of hydrogen-bond acceptors (Lipinski definition) is 10. The van der Waals surface area contributed by atoms with Crippen LogP contribution < -0.4 is 20.1 Å². The molecule has 1 aliphatic heterocycles. The second kappa shape index (κ2) is 12.8. The van der Waals surface area contributed by atoms with Crippen molar-refractivity contribution in [1.29, 1.82) is 0 Å². The van der Waals surface area contributed by atoms with E-state index in [0.29, 0.717) is 35.3 Å². The van der Waals surface area contributed by atoms with Crippen LogP contribution in [0.25, 0.3) is 0 Å². The predicted octanol–water partition coefficient (Wildman–Crippen LogP) is 5.53. The maximum Gasteiger partial charge on any atom is 0.324 e. The number of aromatic nitrogens is 1. The van der Waals surface area contributed by atoms with E-state index in [1.165, 1.54) is 23.5 Å². The Balaban J connectivity index is 1.34. The monoisotopic (exact) mass is 635 g/mol. The van der Waals surface area contributed by atoms with Gasteiger partial charge in [0.2, 0.25) is 0 Å². The lowest BCUT2D eigenvalue weighted by Crippen LogP contribution is -2.44. The smallest absolute Gasteiger partial charge is 0.324 e. The molecule has 0 bridgehead atoms. The Morgan fingerprint density at radius 3 is 2.39 bits per heavy atom. The van der Waals surface area contributed by atoms with Gasteiger partial charge >= 0.3 is 5.97 Å². The molecule has 0 saturated carbocycles. The van der Waals surface area contributed by atoms with E-state index in [4.69, 9.17) is 14.2 Å². The number of esters is 1. The molecule has 1 aliphatic rings. The van der Waals surface area contributed by atoms with Crippen LogP contribution in [0.1, 0.15) is 47.3 Å². The van der Waals surface area contributed by atoms with E-state index in [1.807, 2.05) is 51.1 Å². The maximum absolute atomic E-state index is 13.4. The molecule has 5 rings (SSSR count). The van der Waals surface area contributed by atoms with Crippen molar-refractivity contribution < 1.29 is 32.2 Å². The van der Waals surface area contributed by atoms with Gasteiger partial charge in [-0.3, -0.25) is 20.2 Å². The number of rotatable bonds is 9. The largest absolute Gasteiger partial charge is 0.489 e. The SMILES string of the molecule is CC(C)(C)OC(=O)C1Cc2nc(NC(=O)c3cc(OCc4ccccc4)cc(Oc4ccc(S(C)(=O)=O)cc4)c3)sc2CN1. The van der Waals surface area contributed by atoms with Gasteiger partial charge in [0.1, 0.15) is 35.5 Å². The lowest BCUT2D eigenvalue weighted by molar-refractivity contribution is -0.157. The number of nitrogens with zero attached hydrogens (tertiary/aromatic N) is 1. The van der Waals surface area contributed by atoms with Gasteiger partial charge in [-0.25, -0.2) is 13.4 Å². The Morgan fingerprint density at radius 1 is 1.00 bits per heavy atom. The molecular weight excluding hydrogens is 603 g/mol. The van der Waals surface area contributed by atoms with Crippen LogP contribution in [-0.4, -0.2) is 43.2 Å². The molecule has 1 atom stereocenters. The average Bonchev–Trinajstić information content (AvgIpc) is 3.37. The first-order valence-corrected chi connectivity index (χ1v) is 16.6. The van der Waals surface area contributed by atoms with Crippen molar-refractivity contribution in [3.8, 4) is 17.2 Å². The van der Waals surface area contributed by atoms with E-state index in [0.717, 1.165) is 22.4 Å². The minimum absolute atomic E-state index is 0.170. The molecule has 1 amide bonds. The zero-order valence-electron chi connectivity index (χ0n) is 24.7. The molecule has 1 aromatic heterocycles. The number of carbonyl (C=O) groups excluding carboxylic acids is 2. The van der Waals surface area contributed by atoms with Gasteiger partial charge in [-0.15, -0.1) is 11.3 Å². The fraction of sp³-hybridized carbons (Fsp3) is 0.281. The number of thiazole rings is 1. The molecule has 2 N–H and O–H groups in total. The lowest BCUT2D eigenvalue weighted by Gasteiger charge is -2.26. The highest BCUT2D eigenvalue weighted by Crippen LogP contribution is 2.31. The highest BCUT2D eigenvalue weighted by atomic mass is 32.2.